The molecule has 2 atom stereocenters. The van der Waals surface area contributed by atoms with Gasteiger partial charge in [0.2, 0.25) is 0 Å². The first kappa shape index (κ1) is 21.4. The Bertz CT molecular complexity index is 1310. The van der Waals surface area contributed by atoms with E-state index in [2.05, 4.69) is 15.4 Å². The molecule has 2 aromatic carbocycles. The zero-order valence-electron chi connectivity index (χ0n) is 17.1. The molecule has 0 bridgehead atoms. The second-order valence-corrected chi connectivity index (χ2v) is 7.12. The van der Waals surface area contributed by atoms with Crippen molar-refractivity contribution in [1.82, 2.24) is 4.98 Å². The summed E-state index contributed by atoms with van der Waals surface area (Å²) in [7, 11) is 0. The molecule has 0 fully saturated rings. The Kier molecular flexibility index (Phi) is 5.91. The number of carbonyl (C=O) groups is 3. The zero-order chi connectivity index (χ0) is 23.4. The number of anilines is 1. The van der Waals surface area contributed by atoms with Crippen molar-refractivity contribution in [1.29, 1.82) is 5.26 Å². The molecule has 9 nitrogen and oxygen atoms in total. The van der Waals surface area contributed by atoms with E-state index in [0.717, 1.165) is 0 Å². The van der Waals surface area contributed by atoms with Crippen molar-refractivity contribution in [3.63, 3.8) is 0 Å². The standard InChI is InChI=1S/C24H17N5O4/c25-13-15-5-1-4-8-18(15)28-23(31)20(29-26)19(21(30)14-9-11-27-12-10-14)22-16-6-2-3-7-17(16)24(32)33-22/h1-12,19,22H,26H2,(H,28,31)/b29-20+. The third-order valence-electron chi connectivity index (χ3n) is 5.23. The zero-order valence-corrected chi connectivity index (χ0v) is 17.1. The minimum Gasteiger partial charge on any atom is -0.453 e. The van der Waals surface area contributed by atoms with Crippen molar-refractivity contribution in [3.8, 4) is 6.07 Å². The van der Waals surface area contributed by atoms with E-state index in [1.54, 1.807) is 36.4 Å². The number of nitrogens with zero attached hydrogens (tertiary/aromatic N) is 3. The molecule has 33 heavy (non-hydrogen) atoms. The molecule has 3 aromatic rings. The fraction of sp³-hybridized carbons (Fsp3) is 0.0833. The number of amides is 1. The van der Waals surface area contributed by atoms with E-state index < -0.39 is 29.7 Å². The highest BCUT2D eigenvalue weighted by molar-refractivity contribution is 6.47. The molecular formula is C24H17N5O4. The van der Waals surface area contributed by atoms with Gasteiger partial charge in [-0.25, -0.2) is 4.79 Å². The number of Topliss-reactive ketones (excluding diaryl/α,β-unsaturated/α-hetero) is 1. The Morgan fingerprint density at radius 2 is 1.79 bits per heavy atom. The van der Waals surface area contributed by atoms with Gasteiger partial charge in [-0.1, -0.05) is 30.3 Å². The van der Waals surface area contributed by atoms with E-state index in [-0.39, 0.29) is 22.5 Å². The smallest absolute Gasteiger partial charge is 0.339 e. The van der Waals surface area contributed by atoms with E-state index in [1.807, 2.05) is 6.07 Å². The summed E-state index contributed by atoms with van der Waals surface area (Å²) in [6, 6.07) is 17.9. The molecule has 0 spiro atoms. The van der Waals surface area contributed by atoms with E-state index in [0.29, 0.717) is 11.1 Å². The van der Waals surface area contributed by atoms with Crippen LogP contribution in [0.3, 0.4) is 0 Å². The van der Waals surface area contributed by atoms with Gasteiger partial charge in [0.1, 0.15) is 23.8 Å². The highest BCUT2D eigenvalue weighted by Gasteiger charge is 2.45. The molecule has 2 unspecified atom stereocenters. The van der Waals surface area contributed by atoms with E-state index >= 15 is 0 Å². The third-order valence-corrected chi connectivity index (χ3v) is 5.23. The van der Waals surface area contributed by atoms with Crippen LogP contribution in [0.15, 0.2) is 78.2 Å². The number of nitrogens with two attached hydrogens (primary N) is 1. The van der Waals surface area contributed by atoms with Crippen molar-refractivity contribution in [2.45, 2.75) is 6.10 Å². The van der Waals surface area contributed by atoms with E-state index in [4.69, 9.17) is 10.6 Å². The molecule has 2 heterocycles. The van der Waals surface area contributed by atoms with Crippen LogP contribution in [0.1, 0.15) is 37.9 Å². The van der Waals surface area contributed by atoms with Gasteiger partial charge in [0, 0.05) is 23.5 Å². The van der Waals surface area contributed by atoms with Crippen molar-refractivity contribution in [2.24, 2.45) is 16.9 Å². The number of hydrogen-bond donors (Lipinski definition) is 2. The van der Waals surface area contributed by atoms with Crippen LogP contribution < -0.4 is 11.2 Å². The maximum absolute atomic E-state index is 13.5. The highest BCUT2D eigenvalue weighted by atomic mass is 16.5. The Labute approximate surface area is 188 Å². The molecular weight excluding hydrogens is 422 g/mol. The van der Waals surface area contributed by atoms with Crippen LogP contribution in [-0.2, 0) is 9.53 Å². The molecule has 0 saturated heterocycles. The minimum absolute atomic E-state index is 0.219. The van der Waals surface area contributed by atoms with Gasteiger partial charge in [0.25, 0.3) is 5.91 Å². The summed E-state index contributed by atoms with van der Waals surface area (Å²) < 4.78 is 5.52. The number of hydrazone groups is 1. The summed E-state index contributed by atoms with van der Waals surface area (Å²) in [5.74, 6) is 2.32. The number of ether oxygens (including phenoxy) is 1. The number of aromatic nitrogens is 1. The predicted octanol–water partition coefficient (Wildman–Crippen LogP) is 2.62. The number of cyclic esters (lactones) is 1. The number of hydrogen-bond acceptors (Lipinski definition) is 8. The highest BCUT2D eigenvalue weighted by Crippen LogP contribution is 2.38. The number of carbonyl (C=O) groups excluding carboxylic acids is 3. The quantitative estimate of drug-likeness (QED) is 0.197. The van der Waals surface area contributed by atoms with Gasteiger partial charge in [0.05, 0.1) is 16.8 Å². The summed E-state index contributed by atoms with van der Waals surface area (Å²) >= 11 is 0. The van der Waals surface area contributed by atoms with Crippen LogP contribution in [0, 0.1) is 17.2 Å². The van der Waals surface area contributed by atoms with E-state index in [9.17, 15) is 19.6 Å². The normalized spacial score (nSPS) is 15.7. The Hall–Kier alpha value is -4.84. The Balaban J connectivity index is 1.77. The van der Waals surface area contributed by atoms with Crippen molar-refractivity contribution < 1.29 is 19.1 Å². The molecule has 1 aliphatic rings. The van der Waals surface area contributed by atoms with Crippen LogP contribution in [0.5, 0.6) is 0 Å². The van der Waals surface area contributed by atoms with Crippen molar-refractivity contribution in [3.05, 3.63) is 95.3 Å². The average Bonchev–Trinajstić information content (AvgIpc) is 3.19. The lowest BCUT2D eigenvalue weighted by atomic mass is 9.84. The first-order valence-electron chi connectivity index (χ1n) is 9.87. The number of ketones is 1. The molecule has 1 aliphatic heterocycles. The maximum atomic E-state index is 13.5. The summed E-state index contributed by atoms with van der Waals surface area (Å²) in [6.45, 7) is 0. The third kappa shape index (κ3) is 4.05. The number of nitrogens with one attached hydrogen (secondary N) is 1. The Morgan fingerprint density at radius 1 is 1.09 bits per heavy atom. The van der Waals surface area contributed by atoms with Crippen LogP contribution in [0.2, 0.25) is 0 Å². The van der Waals surface area contributed by atoms with Crippen LogP contribution in [0.4, 0.5) is 5.69 Å². The van der Waals surface area contributed by atoms with Gasteiger partial charge in [-0.05, 0) is 30.3 Å². The van der Waals surface area contributed by atoms with Crippen LogP contribution in [-0.4, -0.2) is 28.4 Å². The lowest BCUT2D eigenvalue weighted by molar-refractivity contribution is -0.110. The fourth-order valence-electron chi connectivity index (χ4n) is 3.68. The number of pyridine rings is 1. The number of rotatable bonds is 6. The summed E-state index contributed by atoms with van der Waals surface area (Å²) in [5, 5.41) is 15.5. The largest absolute Gasteiger partial charge is 0.453 e. The second kappa shape index (κ2) is 9.11. The van der Waals surface area contributed by atoms with Gasteiger partial charge in [0.15, 0.2) is 5.78 Å². The van der Waals surface area contributed by atoms with E-state index in [1.165, 1.54) is 36.7 Å². The van der Waals surface area contributed by atoms with Crippen molar-refractivity contribution >= 4 is 29.1 Å². The van der Waals surface area contributed by atoms with Gasteiger partial charge in [-0.2, -0.15) is 10.4 Å². The van der Waals surface area contributed by atoms with Crippen LogP contribution in [0.25, 0.3) is 0 Å². The molecule has 9 heteroatoms. The molecule has 0 aliphatic carbocycles. The number of para-hydroxylation sites is 1. The minimum atomic E-state index is -1.33. The topological polar surface area (TPSA) is 148 Å². The van der Waals surface area contributed by atoms with Gasteiger partial charge in [-0.15, -0.1) is 0 Å². The fourth-order valence-corrected chi connectivity index (χ4v) is 3.68. The molecule has 0 radical (unpaired) electrons. The summed E-state index contributed by atoms with van der Waals surface area (Å²) in [4.78, 5) is 43.1. The molecule has 3 N–H and O–H groups in total. The molecule has 4 rings (SSSR count). The number of nitriles is 1. The maximum Gasteiger partial charge on any atom is 0.339 e. The first-order valence-corrected chi connectivity index (χ1v) is 9.87. The monoisotopic (exact) mass is 439 g/mol. The number of benzene rings is 2. The molecule has 1 amide bonds. The Morgan fingerprint density at radius 3 is 2.52 bits per heavy atom. The van der Waals surface area contributed by atoms with Gasteiger partial charge in [-0.3, -0.25) is 14.6 Å². The predicted molar refractivity (Wildman–Crippen MR) is 118 cm³/mol. The first-order chi connectivity index (χ1) is 16.0. The van der Waals surface area contributed by atoms with Crippen molar-refractivity contribution in [2.75, 3.05) is 5.32 Å². The lowest BCUT2D eigenvalue weighted by Gasteiger charge is -2.23. The number of esters is 1. The average molecular weight is 439 g/mol. The molecule has 162 valence electrons. The SMILES string of the molecule is N#Cc1ccccc1NC(=O)/C(=N/N)C(C(=O)c1ccncc1)C1OC(=O)c2ccccc21. The summed E-state index contributed by atoms with van der Waals surface area (Å²) in [6.07, 6.45) is 1.75. The van der Waals surface area contributed by atoms with Gasteiger partial charge >= 0.3 is 5.97 Å². The van der Waals surface area contributed by atoms with Crippen LogP contribution >= 0.6 is 0 Å². The molecule has 1 aromatic heterocycles. The lowest BCUT2D eigenvalue weighted by Crippen LogP contribution is -2.39. The second-order valence-electron chi connectivity index (χ2n) is 7.12. The summed E-state index contributed by atoms with van der Waals surface area (Å²) in [5.41, 5.74) is 1.07. The van der Waals surface area contributed by atoms with Gasteiger partial charge < -0.3 is 15.9 Å². The number of fused-ring (bicyclic) bond motifs is 1. The molecule has 0 saturated carbocycles.